The molecule has 0 fully saturated rings. The van der Waals surface area contributed by atoms with Crippen LogP contribution in [-0.4, -0.2) is 0 Å². The van der Waals surface area contributed by atoms with E-state index >= 15 is 0 Å². The van der Waals surface area contributed by atoms with Crippen molar-refractivity contribution < 1.29 is 0 Å². The van der Waals surface area contributed by atoms with Gasteiger partial charge in [-0.1, -0.05) is 78.5 Å². The molecule has 0 spiro atoms. The van der Waals surface area contributed by atoms with Crippen LogP contribution in [0, 0.1) is 11.8 Å². The van der Waals surface area contributed by atoms with E-state index in [1.165, 1.54) is 38.8 Å². The van der Waals surface area contributed by atoms with Crippen LogP contribution in [0.5, 0.6) is 0 Å². The number of thiophene rings is 1. The van der Waals surface area contributed by atoms with Crippen LogP contribution in [0.25, 0.3) is 15.7 Å². The SMILES string of the molecule is C1=CC2=C(C=CC1)C1C=CC(c3cccc4ccsc34)=CC1C1=C2CC=CCC1. The molecule has 0 nitrogen and oxygen atoms in total. The first-order valence-corrected chi connectivity index (χ1v) is 11.6. The molecule has 0 saturated heterocycles. The fourth-order valence-corrected chi connectivity index (χ4v) is 6.33. The second kappa shape index (κ2) is 7.00. The Morgan fingerprint density at radius 3 is 2.86 bits per heavy atom. The topological polar surface area (TPSA) is 0 Å². The summed E-state index contributed by atoms with van der Waals surface area (Å²) in [5.41, 5.74) is 9.02. The number of rotatable bonds is 1. The maximum absolute atomic E-state index is 2.58. The molecule has 0 aliphatic heterocycles. The molecule has 2 aromatic rings. The Bertz CT molecular complexity index is 1200. The van der Waals surface area contributed by atoms with Gasteiger partial charge in [0, 0.05) is 16.5 Å². The molecule has 142 valence electrons. The van der Waals surface area contributed by atoms with Gasteiger partial charge in [0.1, 0.15) is 0 Å². The standard InChI is InChI=1S/C28H24S/c1-3-9-22-23-10-4-2-6-12-25(23)27-18-20(14-15-26(27)24(22)11-5-1)21-13-7-8-19-16-17-29-28(19)21/h2-5,7-9,11,13-18,26-27H,1,6,10,12H2. The average molecular weight is 393 g/mol. The van der Waals surface area contributed by atoms with Crippen molar-refractivity contribution in [1.82, 2.24) is 0 Å². The average Bonchev–Trinajstić information content (AvgIpc) is 2.95. The van der Waals surface area contributed by atoms with Gasteiger partial charge >= 0.3 is 0 Å². The van der Waals surface area contributed by atoms with Gasteiger partial charge in [-0.2, -0.15) is 0 Å². The van der Waals surface area contributed by atoms with Crippen LogP contribution in [0.15, 0.2) is 107 Å². The lowest BCUT2D eigenvalue weighted by Gasteiger charge is -2.37. The smallest absolute Gasteiger partial charge is 0.0420 e. The van der Waals surface area contributed by atoms with Crippen molar-refractivity contribution >= 4 is 27.0 Å². The predicted octanol–water partition coefficient (Wildman–Crippen LogP) is 7.95. The minimum Gasteiger partial charge on any atom is -0.143 e. The molecule has 0 bridgehead atoms. The van der Waals surface area contributed by atoms with Crippen molar-refractivity contribution in [3.63, 3.8) is 0 Å². The minimum absolute atomic E-state index is 0.465. The van der Waals surface area contributed by atoms with Gasteiger partial charge in [0.25, 0.3) is 0 Å². The molecule has 0 radical (unpaired) electrons. The van der Waals surface area contributed by atoms with Gasteiger partial charge in [-0.25, -0.2) is 0 Å². The summed E-state index contributed by atoms with van der Waals surface area (Å²) in [6.07, 6.45) is 26.1. The number of hydrogen-bond donors (Lipinski definition) is 0. The number of fused-ring (bicyclic) bond motifs is 5. The third kappa shape index (κ3) is 2.80. The third-order valence-electron chi connectivity index (χ3n) is 6.73. The van der Waals surface area contributed by atoms with Crippen LogP contribution >= 0.6 is 11.3 Å². The molecule has 4 aliphatic rings. The predicted molar refractivity (Wildman–Crippen MR) is 126 cm³/mol. The van der Waals surface area contributed by atoms with Crippen LogP contribution in [0.2, 0.25) is 0 Å². The molecule has 2 atom stereocenters. The van der Waals surface area contributed by atoms with Crippen molar-refractivity contribution in [3.8, 4) is 0 Å². The van der Waals surface area contributed by atoms with Crippen LogP contribution in [-0.2, 0) is 0 Å². The van der Waals surface area contributed by atoms with Crippen molar-refractivity contribution in [1.29, 1.82) is 0 Å². The largest absolute Gasteiger partial charge is 0.143 e. The molecule has 1 aromatic carbocycles. The van der Waals surface area contributed by atoms with Gasteiger partial charge in [-0.3, -0.25) is 0 Å². The highest BCUT2D eigenvalue weighted by atomic mass is 32.1. The normalized spacial score (nSPS) is 25.4. The van der Waals surface area contributed by atoms with Gasteiger partial charge in [0.2, 0.25) is 0 Å². The zero-order valence-electron chi connectivity index (χ0n) is 16.5. The summed E-state index contributed by atoms with van der Waals surface area (Å²) in [6.45, 7) is 0. The molecule has 6 rings (SSSR count). The van der Waals surface area contributed by atoms with E-state index in [1.807, 2.05) is 11.3 Å². The maximum Gasteiger partial charge on any atom is 0.0420 e. The number of benzene rings is 1. The lowest BCUT2D eigenvalue weighted by molar-refractivity contribution is 0.570. The molecule has 2 unspecified atom stereocenters. The molecule has 1 heteroatoms. The summed E-state index contributed by atoms with van der Waals surface area (Å²) in [7, 11) is 0. The van der Waals surface area contributed by atoms with Crippen molar-refractivity contribution in [2.45, 2.75) is 25.7 Å². The Labute approximate surface area is 176 Å². The first kappa shape index (κ1) is 17.2. The van der Waals surface area contributed by atoms with E-state index < -0.39 is 0 Å². The summed E-state index contributed by atoms with van der Waals surface area (Å²) < 4.78 is 1.41. The lowest BCUT2D eigenvalue weighted by atomic mass is 9.67. The fraction of sp³-hybridized carbons (Fsp3) is 0.214. The Morgan fingerprint density at radius 2 is 1.86 bits per heavy atom. The highest BCUT2D eigenvalue weighted by molar-refractivity contribution is 7.17. The first-order valence-electron chi connectivity index (χ1n) is 10.7. The molecule has 1 heterocycles. The molecule has 29 heavy (non-hydrogen) atoms. The van der Waals surface area contributed by atoms with Crippen molar-refractivity contribution in [3.05, 3.63) is 112 Å². The van der Waals surface area contributed by atoms with E-state index in [-0.39, 0.29) is 0 Å². The molecule has 1 aromatic heterocycles. The Balaban J connectivity index is 1.52. The summed E-state index contributed by atoms with van der Waals surface area (Å²) in [4.78, 5) is 0. The van der Waals surface area contributed by atoms with E-state index in [9.17, 15) is 0 Å². The molecular formula is C28H24S. The van der Waals surface area contributed by atoms with Gasteiger partial charge in [-0.05, 0) is 70.4 Å². The molecule has 0 saturated carbocycles. The molecule has 4 aliphatic carbocycles. The lowest BCUT2D eigenvalue weighted by Crippen LogP contribution is -2.24. The summed E-state index contributed by atoms with van der Waals surface area (Å²) in [5.74, 6) is 0.946. The number of allylic oxidation sites excluding steroid dienone is 14. The minimum atomic E-state index is 0.465. The van der Waals surface area contributed by atoms with Crippen molar-refractivity contribution in [2.24, 2.45) is 11.8 Å². The van der Waals surface area contributed by atoms with Gasteiger partial charge < -0.3 is 0 Å². The molecule has 0 amide bonds. The second-order valence-electron chi connectivity index (χ2n) is 8.30. The Morgan fingerprint density at radius 1 is 0.897 bits per heavy atom. The van der Waals surface area contributed by atoms with E-state index in [4.69, 9.17) is 0 Å². The highest BCUT2D eigenvalue weighted by Crippen LogP contribution is 2.49. The Kier molecular flexibility index (Phi) is 4.16. The summed E-state index contributed by atoms with van der Waals surface area (Å²) >= 11 is 1.86. The zero-order valence-corrected chi connectivity index (χ0v) is 17.3. The fourth-order valence-electron chi connectivity index (χ4n) is 5.40. The van der Waals surface area contributed by atoms with E-state index in [0.29, 0.717) is 11.8 Å². The molecular weight excluding hydrogens is 368 g/mol. The van der Waals surface area contributed by atoms with Crippen LogP contribution in [0.1, 0.15) is 31.2 Å². The zero-order chi connectivity index (χ0) is 19.2. The van der Waals surface area contributed by atoms with E-state index in [0.717, 1.165) is 19.3 Å². The van der Waals surface area contributed by atoms with Crippen LogP contribution in [0.4, 0.5) is 0 Å². The van der Waals surface area contributed by atoms with Crippen LogP contribution in [0.3, 0.4) is 0 Å². The first-order chi connectivity index (χ1) is 14.4. The highest BCUT2D eigenvalue weighted by Gasteiger charge is 2.35. The monoisotopic (exact) mass is 392 g/mol. The van der Waals surface area contributed by atoms with Crippen molar-refractivity contribution in [2.75, 3.05) is 0 Å². The van der Waals surface area contributed by atoms with Gasteiger partial charge in [-0.15, -0.1) is 11.3 Å². The van der Waals surface area contributed by atoms with E-state index in [2.05, 4.69) is 84.3 Å². The van der Waals surface area contributed by atoms with Gasteiger partial charge in [0.15, 0.2) is 0 Å². The maximum atomic E-state index is 2.58. The quantitative estimate of drug-likeness (QED) is 0.432. The van der Waals surface area contributed by atoms with Crippen LogP contribution < -0.4 is 0 Å². The van der Waals surface area contributed by atoms with Gasteiger partial charge in [0.05, 0.1) is 0 Å². The second-order valence-corrected chi connectivity index (χ2v) is 9.22. The Hall–Kier alpha value is -2.64. The summed E-state index contributed by atoms with van der Waals surface area (Å²) in [6, 6.07) is 8.95. The number of hydrogen-bond acceptors (Lipinski definition) is 1. The van der Waals surface area contributed by atoms with E-state index in [1.54, 1.807) is 11.1 Å². The molecule has 0 N–H and O–H groups in total. The third-order valence-corrected chi connectivity index (χ3v) is 7.69. The summed E-state index contributed by atoms with van der Waals surface area (Å²) in [5, 5.41) is 3.56.